The van der Waals surface area contributed by atoms with Crippen molar-refractivity contribution in [2.75, 3.05) is 0 Å². The number of hydrogen-bond acceptors (Lipinski definition) is 3. The van der Waals surface area contributed by atoms with Crippen molar-refractivity contribution in [2.24, 2.45) is 7.05 Å². The van der Waals surface area contributed by atoms with Crippen LogP contribution in [0.15, 0.2) is 18.5 Å². The van der Waals surface area contributed by atoms with Crippen molar-refractivity contribution in [2.45, 2.75) is 32.9 Å². The summed E-state index contributed by atoms with van der Waals surface area (Å²) in [5.41, 5.74) is 2.10. The minimum absolute atomic E-state index is 0.526. The maximum absolute atomic E-state index is 4.58. The van der Waals surface area contributed by atoms with E-state index in [4.69, 9.17) is 0 Å². The van der Waals surface area contributed by atoms with Gasteiger partial charge in [-0.05, 0) is 19.4 Å². The Morgan fingerprint density at radius 3 is 3.00 bits per heavy atom. The van der Waals surface area contributed by atoms with Gasteiger partial charge in [-0.3, -0.25) is 4.98 Å². The average Bonchev–Trinajstić information content (AvgIpc) is 2.64. The van der Waals surface area contributed by atoms with E-state index in [2.05, 4.69) is 33.7 Å². The summed E-state index contributed by atoms with van der Waals surface area (Å²) in [4.78, 5) is 8.70. The summed E-state index contributed by atoms with van der Waals surface area (Å²) in [5, 5.41) is 3.45. The molecule has 0 saturated heterocycles. The summed E-state index contributed by atoms with van der Waals surface area (Å²) in [5.74, 6) is 1.06. The van der Waals surface area contributed by atoms with Gasteiger partial charge in [-0.25, -0.2) is 4.98 Å². The topological polar surface area (TPSA) is 42.7 Å². The highest BCUT2D eigenvalue weighted by molar-refractivity contribution is 5.74. The lowest BCUT2D eigenvalue weighted by Gasteiger charge is -2.10. The van der Waals surface area contributed by atoms with Gasteiger partial charge in [0.2, 0.25) is 0 Å². The lowest BCUT2D eigenvalue weighted by atomic mass is 10.2. The zero-order valence-corrected chi connectivity index (χ0v) is 10.1. The van der Waals surface area contributed by atoms with Crippen molar-refractivity contribution in [1.29, 1.82) is 0 Å². The first-order valence-electron chi connectivity index (χ1n) is 5.71. The van der Waals surface area contributed by atoms with Crippen LogP contribution in [0, 0.1) is 0 Å². The number of imidazole rings is 1. The van der Waals surface area contributed by atoms with Gasteiger partial charge in [0.25, 0.3) is 0 Å². The van der Waals surface area contributed by atoms with Crippen LogP contribution in [-0.4, -0.2) is 20.6 Å². The van der Waals surface area contributed by atoms with Crippen LogP contribution in [0.5, 0.6) is 0 Å². The van der Waals surface area contributed by atoms with Crippen LogP contribution >= 0.6 is 0 Å². The van der Waals surface area contributed by atoms with Gasteiger partial charge in [-0.2, -0.15) is 0 Å². The Morgan fingerprint density at radius 2 is 2.31 bits per heavy atom. The molecule has 2 rings (SSSR count). The molecule has 0 amide bonds. The molecule has 0 aliphatic heterocycles. The van der Waals surface area contributed by atoms with E-state index in [-0.39, 0.29) is 0 Å². The Morgan fingerprint density at radius 1 is 1.50 bits per heavy atom. The maximum Gasteiger partial charge on any atom is 0.123 e. The minimum Gasteiger partial charge on any atom is -0.329 e. The zero-order chi connectivity index (χ0) is 11.5. The monoisotopic (exact) mass is 218 g/mol. The Bertz CT molecular complexity index is 475. The normalized spacial score (nSPS) is 13.2. The van der Waals surface area contributed by atoms with Crippen molar-refractivity contribution in [3.63, 3.8) is 0 Å². The van der Waals surface area contributed by atoms with E-state index in [0.717, 1.165) is 29.8 Å². The van der Waals surface area contributed by atoms with Gasteiger partial charge in [0.1, 0.15) is 5.82 Å². The van der Waals surface area contributed by atoms with E-state index in [0.29, 0.717) is 6.04 Å². The molecule has 16 heavy (non-hydrogen) atoms. The third-order valence-electron chi connectivity index (χ3n) is 3.00. The molecule has 1 atom stereocenters. The summed E-state index contributed by atoms with van der Waals surface area (Å²) in [6.07, 6.45) is 4.77. The van der Waals surface area contributed by atoms with Gasteiger partial charge in [-0.1, -0.05) is 6.92 Å². The summed E-state index contributed by atoms with van der Waals surface area (Å²) in [7, 11) is 2.03. The first kappa shape index (κ1) is 11.1. The number of rotatable bonds is 4. The molecule has 4 nitrogen and oxygen atoms in total. The minimum atomic E-state index is 0.526. The molecule has 86 valence electrons. The molecular formula is C12H18N4. The average molecular weight is 218 g/mol. The molecule has 2 heterocycles. The predicted octanol–water partition coefficient (Wildman–Crippen LogP) is 1.86. The SMILES string of the molecule is CCC(C)NCc1nc2ccncc2n1C. The number of fused-ring (bicyclic) bond motifs is 1. The van der Waals surface area contributed by atoms with E-state index in [1.54, 1.807) is 6.20 Å². The Hall–Kier alpha value is -1.42. The van der Waals surface area contributed by atoms with Crippen LogP contribution in [0.1, 0.15) is 26.1 Å². The van der Waals surface area contributed by atoms with Crippen molar-refractivity contribution in [3.05, 3.63) is 24.3 Å². The molecule has 1 N–H and O–H groups in total. The van der Waals surface area contributed by atoms with Crippen LogP contribution in [0.3, 0.4) is 0 Å². The Balaban J connectivity index is 2.21. The fourth-order valence-corrected chi connectivity index (χ4v) is 1.65. The van der Waals surface area contributed by atoms with Crippen LogP contribution in [-0.2, 0) is 13.6 Å². The van der Waals surface area contributed by atoms with Crippen molar-refractivity contribution in [3.8, 4) is 0 Å². The molecule has 4 heteroatoms. The number of nitrogens with zero attached hydrogens (tertiary/aromatic N) is 3. The van der Waals surface area contributed by atoms with Gasteiger partial charge in [0.05, 0.1) is 23.8 Å². The molecule has 0 spiro atoms. The van der Waals surface area contributed by atoms with E-state index < -0.39 is 0 Å². The Labute approximate surface area is 95.7 Å². The first-order chi connectivity index (χ1) is 7.72. The highest BCUT2D eigenvalue weighted by Crippen LogP contribution is 2.12. The van der Waals surface area contributed by atoms with Gasteiger partial charge >= 0.3 is 0 Å². The first-order valence-corrected chi connectivity index (χ1v) is 5.71. The molecule has 0 fully saturated rings. The molecule has 0 aromatic carbocycles. The molecule has 0 bridgehead atoms. The summed E-state index contributed by atoms with van der Waals surface area (Å²) in [6, 6.07) is 2.47. The highest BCUT2D eigenvalue weighted by Gasteiger charge is 2.07. The van der Waals surface area contributed by atoms with Gasteiger partial charge in [0.15, 0.2) is 0 Å². The van der Waals surface area contributed by atoms with Crippen molar-refractivity contribution < 1.29 is 0 Å². The molecule has 0 aliphatic carbocycles. The molecule has 0 saturated carbocycles. The predicted molar refractivity (Wildman–Crippen MR) is 65.1 cm³/mol. The van der Waals surface area contributed by atoms with E-state index in [1.807, 2.05) is 19.3 Å². The fourth-order valence-electron chi connectivity index (χ4n) is 1.65. The lowest BCUT2D eigenvalue weighted by molar-refractivity contribution is 0.517. The molecular weight excluding hydrogens is 200 g/mol. The largest absolute Gasteiger partial charge is 0.329 e. The smallest absolute Gasteiger partial charge is 0.123 e. The van der Waals surface area contributed by atoms with E-state index in [9.17, 15) is 0 Å². The summed E-state index contributed by atoms with van der Waals surface area (Å²) < 4.78 is 2.09. The van der Waals surface area contributed by atoms with Crippen molar-refractivity contribution >= 4 is 11.0 Å². The van der Waals surface area contributed by atoms with Crippen LogP contribution in [0.2, 0.25) is 0 Å². The molecule has 0 radical (unpaired) electrons. The van der Waals surface area contributed by atoms with Crippen LogP contribution < -0.4 is 5.32 Å². The van der Waals surface area contributed by atoms with Crippen LogP contribution in [0.25, 0.3) is 11.0 Å². The number of pyridine rings is 1. The molecule has 2 aromatic rings. The van der Waals surface area contributed by atoms with Crippen molar-refractivity contribution in [1.82, 2.24) is 19.9 Å². The summed E-state index contributed by atoms with van der Waals surface area (Å²) >= 11 is 0. The second-order valence-electron chi connectivity index (χ2n) is 4.14. The third-order valence-corrected chi connectivity index (χ3v) is 3.00. The lowest BCUT2D eigenvalue weighted by Crippen LogP contribution is -2.25. The van der Waals surface area contributed by atoms with Crippen LogP contribution in [0.4, 0.5) is 0 Å². The molecule has 0 aliphatic rings. The number of aryl methyl sites for hydroxylation is 1. The Kier molecular flexibility index (Phi) is 3.19. The number of hydrogen-bond donors (Lipinski definition) is 1. The molecule has 1 unspecified atom stereocenters. The zero-order valence-electron chi connectivity index (χ0n) is 10.1. The standard InChI is InChI=1S/C12H18N4/c1-4-9(2)14-8-12-15-10-5-6-13-7-11(10)16(12)3/h5-7,9,14H,4,8H2,1-3H3. The summed E-state index contributed by atoms with van der Waals surface area (Å²) in [6.45, 7) is 5.17. The quantitative estimate of drug-likeness (QED) is 0.851. The number of nitrogens with one attached hydrogen (secondary N) is 1. The maximum atomic E-state index is 4.58. The second kappa shape index (κ2) is 4.61. The van der Waals surface area contributed by atoms with Gasteiger partial charge in [-0.15, -0.1) is 0 Å². The molecule has 2 aromatic heterocycles. The fraction of sp³-hybridized carbons (Fsp3) is 0.500. The van der Waals surface area contributed by atoms with Gasteiger partial charge in [0, 0.05) is 19.3 Å². The number of aromatic nitrogens is 3. The van der Waals surface area contributed by atoms with Gasteiger partial charge < -0.3 is 9.88 Å². The second-order valence-corrected chi connectivity index (χ2v) is 4.14. The third kappa shape index (κ3) is 2.07. The van der Waals surface area contributed by atoms with E-state index >= 15 is 0 Å². The van der Waals surface area contributed by atoms with E-state index in [1.165, 1.54) is 0 Å². The highest BCUT2D eigenvalue weighted by atomic mass is 15.1.